The molecule has 0 amide bonds. The van der Waals surface area contributed by atoms with Gasteiger partial charge in [-0.2, -0.15) is 0 Å². The minimum Gasteiger partial charge on any atom is -0.370 e. The van der Waals surface area contributed by atoms with Crippen molar-refractivity contribution in [1.82, 2.24) is 4.98 Å². The van der Waals surface area contributed by atoms with Crippen molar-refractivity contribution in [2.75, 3.05) is 11.9 Å². The SMILES string of the molecule is CCCCCc1nc2c(cc1C)CCCN2. The Hall–Kier alpha value is -1.05. The number of nitrogens with zero attached hydrogens (tertiary/aromatic N) is 1. The Morgan fingerprint density at radius 2 is 2.25 bits per heavy atom. The lowest BCUT2D eigenvalue weighted by atomic mass is 10.0. The first-order valence-electron chi connectivity index (χ1n) is 6.54. The number of hydrogen-bond acceptors (Lipinski definition) is 2. The molecular weight excluding hydrogens is 196 g/mol. The lowest BCUT2D eigenvalue weighted by Crippen LogP contribution is -2.15. The Balaban J connectivity index is 2.12. The molecule has 0 unspecified atom stereocenters. The number of hydrogen-bond donors (Lipinski definition) is 1. The van der Waals surface area contributed by atoms with E-state index in [0.717, 1.165) is 18.8 Å². The van der Waals surface area contributed by atoms with Gasteiger partial charge in [0.05, 0.1) is 0 Å². The van der Waals surface area contributed by atoms with Crippen LogP contribution in [0.25, 0.3) is 0 Å². The van der Waals surface area contributed by atoms with Gasteiger partial charge in [-0.1, -0.05) is 25.8 Å². The van der Waals surface area contributed by atoms with E-state index in [1.165, 1.54) is 48.9 Å². The van der Waals surface area contributed by atoms with Gasteiger partial charge in [-0.3, -0.25) is 0 Å². The molecule has 1 aromatic heterocycles. The molecule has 1 N–H and O–H groups in total. The molecule has 1 aliphatic rings. The van der Waals surface area contributed by atoms with E-state index >= 15 is 0 Å². The summed E-state index contributed by atoms with van der Waals surface area (Å²) in [4.78, 5) is 4.77. The largest absolute Gasteiger partial charge is 0.370 e. The van der Waals surface area contributed by atoms with Crippen molar-refractivity contribution in [2.45, 2.75) is 52.4 Å². The van der Waals surface area contributed by atoms with E-state index < -0.39 is 0 Å². The molecule has 88 valence electrons. The first kappa shape index (κ1) is 11.4. The fourth-order valence-electron chi connectivity index (χ4n) is 2.33. The van der Waals surface area contributed by atoms with Crippen LogP contribution in [0, 0.1) is 6.92 Å². The summed E-state index contributed by atoms with van der Waals surface area (Å²) < 4.78 is 0. The van der Waals surface area contributed by atoms with Gasteiger partial charge in [0.2, 0.25) is 0 Å². The Labute approximate surface area is 98.5 Å². The molecule has 0 atom stereocenters. The van der Waals surface area contributed by atoms with Crippen molar-refractivity contribution in [3.05, 3.63) is 22.9 Å². The van der Waals surface area contributed by atoms with Crippen molar-refractivity contribution in [2.24, 2.45) is 0 Å². The first-order chi connectivity index (χ1) is 7.81. The summed E-state index contributed by atoms with van der Waals surface area (Å²) in [6.07, 6.45) is 7.42. The van der Waals surface area contributed by atoms with Gasteiger partial charge in [0, 0.05) is 12.2 Å². The van der Waals surface area contributed by atoms with E-state index in [4.69, 9.17) is 4.98 Å². The molecule has 1 aromatic rings. The van der Waals surface area contributed by atoms with Crippen LogP contribution in [-0.4, -0.2) is 11.5 Å². The van der Waals surface area contributed by atoms with Crippen molar-refractivity contribution in [3.8, 4) is 0 Å². The maximum absolute atomic E-state index is 4.77. The van der Waals surface area contributed by atoms with Crippen molar-refractivity contribution < 1.29 is 0 Å². The highest BCUT2D eigenvalue weighted by Crippen LogP contribution is 2.23. The Bertz CT molecular complexity index is 358. The van der Waals surface area contributed by atoms with Gasteiger partial charge in [-0.05, 0) is 43.7 Å². The molecule has 0 saturated heterocycles. The molecule has 0 aliphatic carbocycles. The average molecular weight is 218 g/mol. The maximum atomic E-state index is 4.77. The van der Waals surface area contributed by atoms with E-state index in [1.54, 1.807) is 0 Å². The van der Waals surface area contributed by atoms with Gasteiger partial charge >= 0.3 is 0 Å². The van der Waals surface area contributed by atoms with Crippen LogP contribution in [0.4, 0.5) is 5.82 Å². The summed E-state index contributed by atoms with van der Waals surface area (Å²) in [5.41, 5.74) is 4.07. The Morgan fingerprint density at radius 3 is 3.06 bits per heavy atom. The summed E-state index contributed by atoms with van der Waals surface area (Å²) in [5, 5.41) is 3.41. The number of anilines is 1. The summed E-state index contributed by atoms with van der Waals surface area (Å²) in [7, 11) is 0. The normalized spacial score (nSPS) is 14.4. The second kappa shape index (κ2) is 5.33. The third-order valence-electron chi connectivity index (χ3n) is 3.33. The lowest BCUT2D eigenvalue weighted by molar-refractivity contribution is 0.701. The number of unbranched alkanes of at least 4 members (excludes halogenated alkanes) is 2. The van der Waals surface area contributed by atoms with Crippen LogP contribution in [0.2, 0.25) is 0 Å². The van der Waals surface area contributed by atoms with Gasteiger partial charge in [0.1, 0.15) is 5.82 Å². The minimum absolute atomic E-state index is 1.08. The van der Waals surface area contributed by atoms with Crippen LogP contribution in [0.1, 0.15) is 49.4 Å². The Kier molecular flexibility index (Phi) is 3.81. The molecule has 2 heteroatoms. The predicted octanol–water partition coefficient (Wildman–Crippen LogP) is 3.48. The van der Waals surface area contributed by atoms with Gasteiger partial charge in [-0.25, -0.2) is 4.98 Å². The van der Waals surface area contributed by atoms with Crippen LogP contribution in [0.5, 0.6) is 0 Å². The van der Waals surface area contributed by atoms with E-state index in [-0.39, 0.29) is 0 Å². The second-order valence-corrected chi connectivity index (χ2v) is 4.75. The second-order valence-electron chi connectivity index (χ2n) is 4.75. The summed E-state index contributed by atoms with van der Waals surface area (Å²) in [5.74, 6) is 1.14. The maximum Gasteiger partial charge on any atom is 0.129 e. The molecule has 0 spiro atoms. The molecular formula is C14H22N2. The number of aromatic nitrogens is 1. The average Bonchev–Trinajstić information content (AvgIpc) is 2.30. The van der Waals surface area contributed by atoms with E-state index in [0.29, 0.717) is 0 Å². The van der Waals surface area contributed by atoms with Gasteiger partial charge in [0.25, 0.3) is 0 Å². The molecule has 2 nitrogen and oxygen atoms in total. The van der Waals surface area contributed by atoms with Gasteiger partial charge in [-0.15, -0.1) is 0 Å². The van der Waals surface area contributed by atoms with Crippen LogP contribution < -0.4 is 5.32 Å². The topological polar surface area (TPSA) is 24.9 Å². The number of aryl methyl sites for hydroxylation is 3. The molecule has 2 heterocycles. The zero-order chi connectivity index (χ0) is 11.4. The number of pyridine rings is 1. The fourth-order valence-corrected chi connectivity index (χ4v) is 2.33. The molecule has 1 aliphatic heterocycles. The monoisotopic (exact) mass is 218 g/mol. The first-order valence-corrected chi connectivity index (χ1v) is 6.54. The third-order valence-corrected chi connectivity index (χ3v) is 3.33. The zero-order valence-electron chi connectivity index (χ0n) is 10.5. The molecule has 2 rings (SSSR count). The van der Waals surface area contributed by atoms with Crippen LogP contribution in [0.3, 0.4) is 0 Å². The molecule has 0 aromatic carbocycles. The predicted molar refractivity (Wildman–Crippen MR) is 69.0 cm³/mol. The van der Waals surface area contributed by atoms with E-state index in [2.05, 4.69) is 25.2 Å². The van der Waals surface area contributed by atoms with Crippen molar-refractivity contribution >= 4 is 5.82 Å². The van der Waals surface area contributed by atoms with Crippen molar-refractivity contribution in [3.63, 3.8) is 0 Å². The highest BCUT2D eigenvalue weighted by Gasteiger charge is 2.12. The minimum atomic E-state index is 1.08. The van der Waals surface area contributed by atoms with Gasteiger partial charge in [0.15, 0.2) is 0 Å². The number of nitrogens with one attached hydrogen (secondary N) is 1. The number of fused-ring (bicyclic) bond motifs is 1. The van der Waals surface area contributed by atoms with Gasteiger partial charge < -0.3 is 5.32 Å². The Morgan fingerprint density at radius 1 is 1.38 bits per heavy atom. The van der Waals surface area contributed by atoms with E-state index in [9.17, 15) is 0 Å². The van der Waals surface area contributed by atoms with Crippen molar-refractivity contribution in [1.29, 1.82) is 0 Å². The zero-order valence-corrected chi connectivity index (χ0v) is 10.5. The molecule has 16 heavy (non-hydrogen) atoms. The fraction of sp³-hybridized carbons (Fsp3) is 0.643. The smallest absolute Gasteiger partial charge is 0.129 e. The highest BCUT2D eigenvalue weighted by molar-refractivity contribution is 5.49. The summed E-state index contributed by atoms with van der Waals surface area (Å²) >= 11 is 0. The van der Waals surface area contributed by atoms with Crippen LogP contribution >= 0.6 is 0 Å². The third kappa shape index (κ3) is 2.55. The highest BCUT2D eigenvalue weighted by atomic mass is 15.0. The lowest BCUT2D eigenvalue weighted by Gasteiger charge is -2.19. The molecule has 0 radical (unpaired) electrons. The molecule has 0 saturated carbocycles. The van der Waals surface area contributed by atoms with E-state index in [1.807, 2.05) is 0 Å². The quantitative estimate of drug-likeness (QED) is 0.783. The summed E-state index contributed by atoms with van der Waals surface area (Å²) in [6, 6.07) is 2.33. The number of rotatable bonds is 4. The molecule has 0 fully saturated rings. The summed E-state index contributed by atoms with van der Waals surface area (Å²) in [6.45, 7) is 5.52. The standard InChI is InChI=1S/C14H22N2/c1-3-4-5-8-13-11(2)10-12-7-6-9-15-14(12)16-13/h10H,3-9H2,1-2H3,(H,15,16). The molecule has 0 bridgehead atoms. The van der Waals surface area contributed by atoms with Crippen LogP contribution in [-0.2, 0) is 12.8 Å². The van der Waals surface area contributed by atoms with Crippen LogP contribution in [0.15, 0.2) is 6.07 Å².